The van der Waals surface area contributed by atoms with Crippen molar-refractivity contribution in [2.24, 2.45) is 0 Å². The van der Waals surface area contributed by atoms with E-state index in [0.717, 1.165) is 100 Å². The van der Waals surface area contributed by atoms with Crippen molar-refractivity contribution in [1.82, 2.24) is 19.9 Å². The molecule has 1 aliphatic carbocycles. The number of hydrogen-bond acceptors (Lipinski definition) is 2. The lowest BCUT2D eigenvalue weighted by atomic mass is 9.86. The van der Waals surface area contributed by atoms with Gasteiger partial charge in [-0.15, -0.1) is 0 Å². The third-order valence-electron chi connectivity index (χ3n) is 13.1. The average Bonchev–Trinajstić information content (AvgIpc) is 4.19. The zero-order valence-electron chi connectivity index (χ0n) is 38.8. The molecule has 0 saturated carbocycles. The lowest BCUT2D eigenvalue weighted by molar-refractivity contribution is 0.590. The van der Waals surface area contributed by atoms with Crippen molar-refractivity contribution >= 4 is 56.4 Å². The van der Waals surface area contributed by atoms with Gasteiger partial charge in [-0.25, -0.2) is 4.98 Å². The number of nitrogens with one attached hydrogen (secondary N) is 3. The summed E-state index contributed by atoms with van der Waals surface area (Å²) in [4.78, 5) is 16.6. The molecule has 0 spiro atoms. The minimum atomic E-state index is 0.0203. The minimum absolute atomic E-state index is 0.0203. The van der Waals surface area contributed by atoms with Gasteiger partial charge in [0.25, 0.3) is 0 Å². The van der Waals surface area contributed by atoms with Crippen LogP contribution in [0.5, 0.6) is 0 Å². The molecule has 9 aromatic rings. The van der Waals surface area contributed by atoms with E-state index in [1.807, 2.05) is 0 Å². The maximum atomic E-state index is 7.03. The fraction of sp³-hybridized carbons (Fsp3) is 0.145. The highest BCUT2D eigenvalue weighted by molar-refractivity contribution is 5.99. The Morgan fingerprint density at radius 2 is 0.821 bits per heavy atom. The number of nitrogens with zero attached hydrogens (tertiary/aromatic N) is 1. The van der Waals surface area contributed by atoms with E-state index >= 15 is 0 Å². The summed E-state index contributed by atoms with van der Waals surface area (Å²) in [6, 6.07) is 51.9. The van der Waals surface area contributed by atoms with Crippen LogP contribution in [0, 0.1) is 11.8 Å². The van der Waals surface area contributed by atoms with E-state index in [4.69, 9.17) is 9.40 Å². The zero-order chi connectivity index (χ0) is 45.9. The second kappa shape index (κ2) is 16.4. The molecule has 5 nitrogen and oxygen atoms in total. The molecule has 0 unspecified atom stereocenters. The van der Waals surface area contributed by atoms with Gasteiger partial charge in [-0.05, 0) is 129 Å². The Bertz CT molecular complexity index is 3660. The summed E-state index contributed by atoms with van der Waals surface area (Å²) < 4.78 is 7.03. The van der Waals surface area contributed by atoms with Gasteiger partial charge in [-0.2, -0.15) is 0 Å². The molecule has 4 aromatic carbocycles. The van der Waals surface area contributed by atoms with Gasteiger partial charge < -0.3 is 19.4 Å². The number of allylic oxidation sites excluding steroid dienone is 4. The van der Waals surface area contributed by atoms with Gasteiger partial charge in [0.1, 0.15) is 11.2 Å². The highest BCUT2D eigenvalue weighted by Gasteiger charge is 2.19. The summed E-state index contributed by atoms with van der Waals surface area (Å²) in [5, 5.41) is 0. The lowest BCUT2D eigenvalue weighted by Gasteiger charge is -2.19. The van der Waals surface area contributed by atoms with Crippen molar-refractivity contribution < 1.29 is 4.42 Å². The third-order valence-corrected chi connectivity index (χ3v) is 13.1. The number of rotatable bonds is 4. The van der Waals surface area contributed by atoms with Crippen LogP contribution in [0.3, 0.4) is 0 Å². The Morgan fingerprint density at radius 1 is 0.418 bits per heavy atom. The van der Waals surface area contributed by atoms with E-state index in [-0.39, 0.29) is 10.8 Å². The molecule has 0 fully saturated rings. The van der Waals surface area contributed by atoms with Crippen LogP contribution >= 0.6 is 0 Å². The van der Waals surface area contributed by atoms with E-state index in [1.54, 1.807) is 0 Å². The Hall–Kier alpha value is -8.07. The van der Waals surface area contributed by atoms with Gasteiger partial charge in [-0.3, -0.25) is 0 Å². The number of benzene rings is 4. The van der Waals surface area contributed by atoms with Crippen molar-refractivity contribution in [2.45, 2.75) is 58.3 Å². The number of H-pyrrole nitrogens is 3. The number of aromatic nitrogens is 4. The third kappa shape index (κ3) is 8.17. The summed E-state index contributed by atoms with van der Waals surface area (Å²) >= 11 is 0. The number of furan rings is 1. The first-order valence-electron chi connectivity index (χ1n) is 23.1. The zero-order valence-corrected chi connectivity index (χ0v) is 38.8. The Morgan fingerprint density at radius 3 is 1.33 bits per heavy atom. The van der Waals surface area contributed by atoms with Gasteiger partial charge in [0.05, 0.1) is 39.0 Å². The molecule has 0 radical (unpaired) electrons. The molecule has 10 bridgehead atoms. The van der Waals surface area contributed by atoms with Crippen molar-refractivity contribution in [3.05, 3.63) is 209 Å². The average molecular weight is 869 g/mol. The molecule has 6 heterocycles. The summed E-state index contributed by atoms with van der Waals surface area (Å²) in [5.74, 6) is 7.10. The first-order valence-corrected chi connectivity index (χ1v) is 23.1. The van der Waals surface area contributed by atoms with Crippen LogP contribution in [0.2, 0.25) is 0 Å². The Balaban J connectivity index is 1.11. The molecule has 0 atom stereocenters. The van der Waals surface area contributed by atoms with E-state index in [0.29, 0.717) is 5.92 Å². The highest BCUT2D eigenvalue weighted by atomic mass is 16.3. The first kappa shape index (κ1) is 41.6. The minimum Gasteiger partial charge on any atom is -0.456 e. The van der Waals surface area contributed by atoms with Crippen LogP contribution in [0.4, 0.5) is 0 Å². The molecule has 3 N–H and O–H groups in total. The number of hydrogen-bond donors (Lipinski definition) is 3. The molecule has 1 aliphatic heterocycles. The largest absolute Gasteiger partial charge is 0.456 e. The Labute approximate surface area is 391 Å². The molecule has 11 rings (SSSR count). The molecule has 5 aromatic heterocycles. The quantitative estimate of drug-likeness (QED) is 0.154. The first-order chi connectivity index (χ1) is 32.4. The van der Waals surface area contributed by atoms with Crippen molar-refractivity contribution in [2.75, 3.05) is 0 Å². The highest BCUT2D eigenvalue weighted by Crippen LogP contribution is 2.38. The fourth-order valence-corrected chi connectivity index (χ4v) is 9.23. The van der Waals surface area contributed by atoms with Crippen LogP contribution < -0.4 is 0 Å². The normalized spacial score (nSPS) is 13.2. The maximum absolute atomic E-state index is 7.03. The SMILES string of the molecule is CC(C)(C)c1ccc(-c2c3ccc([nH]3)c3nc(c(-c4ccc(C#Cc5ccc(C6C=CC=C6)cc5)cc4)c4ccc([nH]4)c4ccc([nH]4)c(-c4ccc(C(C)(C)C)cc4)c4ccc2o4)C=C3)cc1. The van der Waals surface area contributed by atoms with E-state index in [9.17, 15) is 0 Å². The molecule has 2 aliphatic rings. The van der Waals surface area contributed by atoms with Crippen LogP contribution in [0.15, 0.2) is 174 Å². The van der Waals surface area contributed by atoms with Crippen molar-refractivity contribution in [1.29, 1.82) is 0 Å². The standard InChI is InChI=1S/C62H52N4O/c1-61(2,3)46-25-21-44(22-26-46)59-54-35-31-50(65-54)48-29-33-52(63-48)58(43-19-15-40(16-20-43)12-11-39-13-17-42(18-14-39)41-9-7-8-10-41)53-34-30-49(64-53)51-32-36-55(66-51)60(57-38-37-56(59)67-57)45-23-27-47(28-24-45)62(4,5)6/h7-10,13-38,41,63,65-66H,1-6H3. The monoisotopic (exact) mass is 868 g/mol. The number of fused-ring (bicyclic) bond motifs is 12. The topological polar surface area (TPSA) is 73.4 Å². The summed E-state index contributed by atoms with van der Waals surface area (Å²) in [6.07, 6.45) is 12.8. The van der Waals surface area contributed by atoms with Gasteiger partial charge in [0, 0.05) is 39.3 Å². The molecular formula is C62H52N4O. The smallest absolute Gasteiger partial charge is 0.137 e. The second-order valence-electron chi connectivity index (χ2n) is 19.8. The second-order valence-corrected chi connectivity index (χ2v) is 19.8. The predicted molar refractivity (Wildman–Crippen MR) is 281 cm³/mol. The lowest BCUT2D eigenvalue weighted by Crippen LogP contribution is -2.10. The van der Waals surface area contributed by atoms with E-state index < -0.39 is 0 Å². The van der Waals surface area contributed by atoms with Gasteiger partial charge in [0.2, 0.25) is 0 Å². The Kier molecular flexibility index (Phi) is 10.2. The molecule has 0 saturated heterocycles. The summed E-state index contributed by atoms with van der Waals surface area (Å²) in [7, 11) is 0. The van der Waals surface area contributed by atoms with Crippen LogP contribution in [0.25, 0.3) is 89.8 Å². The molecular weight excluding hydrogens is 817 g/mol. The predicted octanol–water partition coefficient (Wildman–Crippen LogP) is 16.2. The molecule has 67 heavy (non-hydrogen) atoms. The van der Waals surface area contributed by atoms with Crippen molar-refractivity contribution in [3.63, 3.8) is 0 Å². The summed E-state index contributed by atoms with van der Waals surface area (Å²) in [5.41, 5.74) is 20.9. The molecule has 5 heteroatoms. The van der Waals surface area contributed by atoms with Gasteiger partial charge in [0.15, 0.2) is 0 Å². The van der Waals surface area contributed by atoms with E-state index in [2.05, 4.69) is 250 Å². The van der Waals surface area contributed by atoms with Crippen LogP contribution in [-0.2, 0) is 10.8 Å². The summed E-state index contributed by atoms with van der Waals surface area (Å²) in [6.45, 7) is 13.5. The molecule has 0 amide bonds. The fourth-order valence-electron chi connectivity index (χ4n) is 9.23. The van der Waals surface area contributed by atoms with Gasteiger partial charge in [-0.1, -0.05) is 150 Å². The van der Waals surface area contributed by atoms with Crippen LogP contribution in [-0.4, -0.2) is 19.9 Å². The van der Waals surface area contributed by atoms with Crippen molar-refractivity contribution in [3.8, 4) is 45.2 Å². The van der Waals surface area contributed by atoms with Crippen LogP contribution in [0.1, 0.15) is 86.7 Å². The maximum Gasteiger partial charge on any atom is 0.137 e. The van der Waals surface area contributed by atoms with E-state index in [1.165, 1.54) is 16.7 Å². The molecule has 326 valence electrons. The number of aromatic amines is 3. The van der Waals surface area contributed by atoms with Gasteiger partial charge >= 0.3 is 0 Å².